The molecule has 1 aliphatic carbocycles. The first-order valence-electron chi connectivity index (χ1n) is 6.05. The lowest BCUT2D eigenvalue weighted by atomic mass is 9.97. The van der Waals surface area contributed by atoms with Crippen molar-refractivity contribution in [2.75, 3.05) is 12.9 Å². The van der Waals surface area contributed by atoms with Crippen LogP contribution in [0.3, 0.4) is 0 Å². The average molecular weight is 254 g/mol. The van der Waals surface area contributed by atoms with E-state index in [2.05, 4.69) is 4.98 Å². The van der Waals surface area contributed by atoms with Crippen molar-refractivity contribution in [1.82, 2.24) is 9.55 Å². The standard InChI is InChI=1S/C12H18N2O2S/c1-17-11-9-5-2-3-6-10(9)14(7-4-8-15)12(16)13-11/h15H,2-8H2,1H3. The van der Waals surface area contributed by atoms with Crippen molar-refractivity contribution in [3.8, 4) is 0 Å². The van der Waals surface area contributed by atoms with Gasteiger partial charge in [-0.05, 0) is 38.4 Å². The number of aliphatic hydroxyl groups excluding tert-OH is 1. The van der Waals surface area contributed by atoms with Crippen molar-refractivity contribution in [1.29, 1.82) is 0 Å². The van der Waals surface area contributed by atoms with Gasteiger partial charge >= 0.3 is 5.69 Å². The van der Waals surface area contributed by atoms with E-state index in [0.717, 1.165) is 30.0 Å². The largest absolute Gasteiger partial charge is 0.396 e. The summed E-state index contributed by atoms with van der Waals surface area (Å²) in [5.74, 6) is 0. The summed E-state index contributed by atoms with van der Waals surface area (Å²) in [5.41, 5.74) is 2.23. The zero-order valence-corrected chi connectivity index (χ0v) is 10.9. The minimum absolute atomic E-state index is 0.117. The van der Waals surface area contributed by atoms with E-state index < -0.39 is 0 Å². The Morgan fingerprint density at radius 1 is 1.41 bits per heavy atom. The topological polar surface area (TPSA) is 55.1 Å². The fourth-order valence-electron chi connectivity index (χ4n) is 2.38. The fraction of sp³-hybridized carbons (Fsp3) is 0.667. The molecule has 94 valence electrons. The van der Waals surface area contributed by atoms with E-state index in [1.165, 1.54) is 12.0 Å². The summed E-state index contributed by atoms with van der Waals surface area (Å²) in [6.07, 6.45) is 6.90. The van der Waals surface area contributed by atoms with Crippen LogP contribution >= 0.6 is 11.8 Å². The molecule has 2 rings (SSSR count). The highest BCUT2D eigenvalue weighted by Gasteiger charge is 2.19. The van der Waals surface area contributed by atoms with Crippen molar-refractivity contribution in [3.05, 3.63) is 21.7 Å². The maximum atomic E-state index is 11.9. The highest BCUT2D eigenvalue weighted by Crippen LogP contribution is 2.26. The molecule has 0 saturated carbocycles. The van der Waals surface area contributed by atoms with Gasteiger partial charge in [-0.1, -0.05) is 0 Å². The summed E-state index contributed by atoms with van der Waals surface area (Å²) in [5, 5.41) is 9.78. The number of thioether (sulfide) groups is 1. The van der Waals surface area contributed by atoms with E-state index in [1.54, 1.807) is 16.3 Å². The summed E-state index contributed by atoms with van der Waals surface area (Å²) >= 11 is 1.56. The van der Waals surface area contributed by atoms with Gasteiger partial charge in [0.2, 0.25) is 0 Å². The molecule has 5 heteroatoms. The molecule has 0 fully saturated rings. The third-order valence-electron chi connectivity index (χ3n) is 3.18. The third-order valence-corrected chi connectivity index (χ3v) is 3.91. The summed E-state index contributed by atoms with van der Waals surface area (Å²) in [6, 6.07) is 0. The van der Waals surface area contributed by atoms with Crippen LogP contribution in [0.25, 0.3) is 0 Å². The summed E-state index contributed by atoms with van der Waals surface area (Å²) in [7, 11) is 0. The quantitative estimate of drug-likeness (QED) is 0.648. The lowest BCUT2D eigenvalue weighted by Gasteiger charge is -2.22. The molecule has 0 bridgehead atoms. The second-order valence-electron chi connectivity index (χ2n) is 4.26. The second kappa shape index (κ2) is 5.69. The predicted octanol–water partition coefficient (Wildman–Crippen LogP) is 1.23. The minimum Gasteiger partial charge on any atom is -0.396 e. The Hall–Kier alpha value is -0.810. The van der Waals surface area contributed by atoms with Crippen LogP contribution < -0.4 is 5.69 Å². The van der Waals surface area contributed by atoms with Crippen LogP contribution in [0.4, 0.5) is 0 Å². The average Bonchev–Trinajstić information content (AvgIpc) is 2.37. The van der Waals surface area contributed by atoms with Gasteiger partial charge in [-0.2, -0.15) is 4.98 Å². The Labute approximate surface area is 105 Å². The lowest BCUT2D eigenvalue weighted by Crippen LogP contribution is -2.30. The van der Waals surface area contributed by atoms with Crippen LogP contribution in [-0.4, -0.2) is 27.5 Å². The van der Waals surface area contributed by atoms with E-state index in [1.807, 2.05) is 6.26 Å². The molecule has 1 aromatic heterocycles. The van der Waals surface area contributed by atoms with E-state index in [9.17, 15) is 4.79 Å². The molecule has 0 radical (unpaired) electrons. The molecule has 1 aliphatic rings. The minimum atomic E-state index is -0.163. The van der Waals surface area contributed by atoms with E-state index >= 15 is 0 Å². The Morgan fingerprint density at radius 3 is 2.88 bits per heavy atom. The Morgan fingerprint density at radius 2 is 2.18 bits per heavy atom. The van der Waals surface area contributed by atoms with Crippen molar-refractivity contribution in [2.24, 2.45) is 0 Å². The van der Waals surface area contributed by atoms with Gasteiger partial charge in [-0.25, -0.2) is 4.79 Å². The first-order chi connectivity index (χ1) is 8.27. The molecular weight excluding hydrogens is 236 g/mol. The molecule has 0 aliphatic heterocycles. The highest BCUT2D eigenvalue weighted by atomic mass is 32.2. The molecule has 1 heterocycles. The predicted molar refractivity (Wildman–Crippen MR) is 68.6 cm³/mol. The number of fused-ring (bicyclic) bond motifs is 1. The first-order valence-corrected chi connectivity index (χ1v) is 7.28. The van der Waals surface area contributed by atoms with Crippen LogP contribution in [0.2, 0.25) is 0 Å². The zero-order valence-electron chi connectivity index (χ0n) is 10.1. The molecule has 0 aromatic carbocycles. The molecule has 1 N–H and O–H groups in total. The zero-order chi connectivity index (χ0) is 12.3. The fourth-order valence-corrected chi connectivity index (χ4v) is 3.01. The van der Waals surface area contributed by atoms with Gasteiger partial charge in [-0.3, -0.25) is 4.57 Å². The van der Waals surface area contributed by atoms with Gasteiger partial charge in [0, 0.05) is 24.4 Å². The maximum Gasteiger partial charge on any atom is 0.348 e. The van der Waals surface area contributed by atoms with E-state index in [0.29, 0.717) is 13.0 Å². The van der Waals surface area contributed by atoms with Crippen LogP contribution in [0.5, 0.6) is 0 Å². The summed E-state index contributed by atoms with van der Waals surface area (Å²) in [6.45, 7) is 0.699. The van der Waals surface area contributed by atoms with Crippen molar-refractivity contribution < 1.29 is 5.11 Å². The van der Waals surface area contributed by atoms with Crippen LogP contribution in [0, 0.1) is 0 Å². The van der Waals surface area contributed by atoms with Crippen LogP contribution in [0.15, 0.2) is 9.82 Å². The number of aromatic nitrogens is 2. The van der Waals surface area contributed by atoms with Gasteiger partial charge < -0.3 is 5.11 Å². The van der Waals surface area contributed by atoms with Crippen LogP contribution in [0.1, 0.15) is 30.5 Å². The number of rotatable bonds is 4. The monoisotopic (exact) mass is 254 g/mol. The Balaban J connectivity index is 2.47. The lowest BCUT2D eigenvalue weighted by molar-refractivity contribution is 0.277. The molecule has 0 saturated heterocycles. The SMILES string of the molecule is CSc1nc(=O)n(CCCO)c2c1CCCC2. The number of hydrogen-bond acceptors (Lipinski definition) is 4. The van der Waals surface area contributed by atoms with Crippen LogP contribution in [-0.2, 0) is 19.4 Å². The molecule has 17 heavy (non-hydrogen) atoms. The maximum absolute atomic E-state index is 11.9. The normalized spacial score (nSPS) is 14.7. The van der Waals surface area contributed by atoms with Crippen molar-refractivity contribution >= 4 is 11.8 Å². The molecule has 0 unspecified atom stereocenters. The molecule has 0 amide bonds. The third kappa shape index (κ3) is 2.55. The first kappa shape index (κ1) is 12.6. The van der Waals surface area contributed by atoms with Crippen molar-refractivity contribution in [2.45, 2.75) is 43.7 Å². The van der Waals surface area contributed by atoms with E-state index in [4.69, 9.17) is 5.11 Å². The molecule has 4 nitrogen and oxygen atoms in total. The number of hydrogen-bond donors (Lipinski definition) is 1. The molecule has 1 aromatic rings. The van der Waals surface area contributed by atoms with Gasteiger partial charge in [0.15, 0.2) is 0 Å². The van der Waals surface area contributed by atoms with Gasteiger partial charge in [0.1, 0.15) is 5.03 Å². The van der Waals surface area contributed by atoms with E-state index in [-0.39, 0.29) is 12.3 Å². The molecule has 0 spiro atoms. The van der Waals surface area contributed by atoms with Crippen molar-refractivity contribution in [3.63, 3.8) is 0 Å². The van der Waals surface area contributed by atoms with Gasteiger partial charge in [0.05, 0.1) is 0 Å². The summed E-state index contributed by atoms with van der Waals surface area (Å²) < 4.78 is 1.75. The highest BCUT2D eigenvalue weighted by molar-refractivity contribution is 7.98. The molecular formula is C12H18N2O2S. The number of nitrogens with zero attached hydrogens (tertiary/aromatic N) is 2. The summed E-state index contributed by atoms with van der Waals surface area (Å²) in [4.78, 5) is 16.1. The Bertz CT molecular complexity index is 457. The smallest absolute Gasteiger partial charge is 0.348 e. The molecule has 0 atom stereocenters. The van der Waals surface area contributed by atoms with Gasteiger partial charge in [0.25, 0.3) is 0 Å². The second-order valence-corrected chi connectivity index (χ2v) is 5.06. The Kier molecular flexibility index (Phi) is 4.23. The number of aliphatic hydroxyl groups is 1. The van der Waals surface area contributed by atoms with Gasteiger partial charge in [-0.15, -0.1) is 11.8 Å².